The summed E-state index contributed by atoms with van der Waals surface area (Å²) in [6, 6.07) is 9.89. The molecule has 5 heteroatoms. The molecular formula is C16H24N2O3. The molecule has 1 aromatic rings. The van der Waals surface area contributed by atoms with Gasteiger partial charge >= 0.3 is 0 Å². The van der Waals surface area contributed by atoms with Gasteiger partial charge in [-0.1, -0.05) is 30.3 Å². The van der Waals surface area contributed by atoms with Crippen molar-refractivity contribution in [1.82, 2.24) is 5.32 Å². The molecule has 0 bridgehead atoms. The highest BCUT2D eigenvalue weighted by Crippen LogP contribution is 2.29. The third-order valence-corrected chi connectivity index (χ3v) is 3.61. The fraction of sp³-hybridized carbons (Fsp3) is 0.562. The summed E-state index contributed by atoms with van der Waals surface area (Å²) in [5.74, 6) is -0.406. The normalized spacial score (nSPS) is 17.4. The van der Waals surface area contributed by atoms with Crippen molar-refractivity contribution in [2.75, 3.05) is 26.4 Å². The van der Waals surface area contributed by atoms with Crippen LogP contribution in [0.15, 0.2) is 30.3 Å². The van der Waals surface area contributed by atoms with Crippen LogP contribution in [0.4, 0.5) is 0 Å². The van der Waals surface area contributed by atoms with E-state index < -0.39 is 11.4 Å². The van der Waals surface area contributed by atoms with Crippen molar-refractivity contribution >= 4 is 5.91 Å². The number of hydrogen-bond donors (Lipinski definition) is 2. The molecule has 0 aromatic heterocycles. The lowest BCUT2D eigenvalue weighted by atomic mass is 9.89. The van der Waals surface area contributed by atoms with E-state index in [4.69, 9.17) is 15.2 Å². The van der Waals surface area contributed by atoms with Gasteiger partial charge in [0.1, 0.15) is 5.54 Å². The maximum Gasteiger partial charge on any atom is 0.244 e. The monoisotopic (exact) mass is 292 g/mol. The van der Waals surface area contributed by atoms with Crippen molar-refractivity contribution in [2.24, 2.45) is 5.73 Å². The van der Waals surface area contributed by atoms with Crippen molar-refractivity contribution in [3.05, 3.63) is 35.9 Å². The topological polar surface area (TPSA) is 73.6 Å². The quantitative estimate of drug-likeness (QED) is 0.635. The summed E-state index contributed by atoms with van der Waals surface area (Å²) in [4.78, 5) is 12.2. The van der Waals surface area contributed by atoms with Gasteiger partial charge in [0.25, 0.3) is 0 Å². The predicted octanol–water partition coefficient (Wildman–Crippen LogP) is 1.17. The molecule has 1 amide bonds. The van der Waals surface area contributed by atoms with Crippen LogP contribution in [0, 0.1) is 0 Å². The minimum atomic E-state index is -0.964. The third kappa shape index (κ3) is 4.27. The molecule has 1 aromatic carbocycles. The Labute approximate surface area is 125 Å². The van der Waals surface area contributed by atoms with Gasteiger partial charge in [0.15, 0.2) is 0 Å². The number of rotatable bonds is 10. The van der Waals surface area contributed by atoms with E-state index >= 15 is 0 Å². The second-order valence-electron chi connectivity index (χ2n) is 5.30. The van der Waals surface area contributed by atoms with Gasteiger partial charge in [-0.2, -0.15) is 0 Å². The van der Waals surface area contributed by atoms with E-state index in [2.05, 4.69) is 5.32 Å². The van der Waals surface area contributed by atoms with Crippen molar-refractivity contribution in [3.8, 4) is 0 Å². The number of nitrogens with two attached hydrogens (primary N) is 1. The zero-order valence-electron chi connectivity index (χ0n) is 12.5. The number of carbonyl (C=O) groups excluding carboxylic acids is 1. The molecule has 0 saturated heterocycles. The molecular weight excluding hydrogens is 268 g/mol. The second-order valence-corrected chi connectivity index (χ2v) is 5.30. The van der Waals surface area contributed by atoms with Crippen molar-refractivity contribution < 1.29 is 14.3 Å². The van der Waals surface area contributed by atoms with Crippen molar-refractivity contribution in [2.45, 2.75) is 31.3 Å². The molecule has 1 aliphatic rings. The third-order valence-electron chi connectivity index (χ3n) is 3.61. The smallest absolute Gasteiger partial charge is 0.244 e. The van der Waals surface area contributed by atoms with Gasteiger partial charge in [-0.05, 0) is 25.3 Å². The Balaban J connectivity index is 2.09. The number of ether oxygens (including phenoxy) is 2. The van der Waals surface area contributed by atoms with E-state index in [0.29, 0.717) is 25.9 Å². The van der Waals surface area contributed by atoms with Crippen LogP contribution in [-0.4, -0.2) is 38.4 Å². The Kier molecular flexibility index (Phi) is 5.73. The molecule has 21 heavy (non-hydrogen) atoms. The Hall–Kier alpha value is -1.43. The Morgan fingerprint density at radius 1 is 1.29 bits per heavy atom. The van der Waals surface area contributed by atoms with Crippen LogP contribution in [0.3, 0.4) is 0 Å². The number of hydrogen-bond acceptors (Lipinski definition) is 4. The highest BCUT2D eigenvalue weighted by Gasteiger charge is 2.43. The first-order valence-corrected chi connectivity index (χ1v) is 7.47. The van der Waals surface area contributed by atoms with Crippen LogP contribution in [0.5, 0.6) is 0 Å². The lowest BCUT2D eigenvalue weighted by Crippen LogP contribution is -2.56. The van der Waals surface area contributed by atoms with E-state index in [1.165, 1.54) is 0 Å². The number of primary amides is 1. The fourth-order valence-corrected chi connectivity index (χ4v) is 2.28. The Morgan fingerprint density at radius 3 is 2.52 bits per heavy atom. The zero-order valence-corrected chi connectivity index (χ0v) is 12.5. The maximum atomic E-state index is 12.2. The van der Waals surface area contributed by atoms with Crippen LogP contribution in [0.25, 0.3) is 0 Å². The fourth-order valence-electron chi connectivity index (χ4n) is 2.28. The average molecular weight is 292 g/mol. The van der Waals surface area contributed by atoms with Crippen LogP contribution in [0.1, 0.15) is 25.3 Å². The summed E-state index contributed by atoms with van der Waals surface area (Å²) in [7, 11) is 0. The lowest BCUT2D eigenvalue weighted by Gasteiger charge is -2.32. The van der Waals surface area contributed by atoms with Gasteiger partial charge in [-0.3, -0.25) is 10.1 Å². The summed E-state index contributed by atoms with van der Waals surface area (Å²) in [6.07, 6.45) is 2.14. The van der Waals surface area contributed by atoms with E-state index in [9.17, 15) is 4.79 Å². The predicted molar refractivity (Wildman–Crippen MR) is 80.8 cm³/mol. The molecule has 3 N–H and O–H groups in total. The molecule has 1 fully saturated rings. The molecule has 2 rings (SSSR count). The summed E-state index contributed by atoms with van der Waals surface area (Å²) in [5, 5.41) is 3.37. The van der Waals surface area contributed by atoms with Gasteiger partial charge in [0.2, 0.25) is 5.91 Å². The largest absolute Gasteiger partial charge is 0.379 e. The number of nitrogens with one attached hydrogen (secondary N) is 1. The maximum absolute atomic E-state index is 12.2. The van der Waals surface area contributed by atoms with E-state index in [1.54, 1.807) is 0 Å². The first-order valence-electron chi connectivity index (χ1n) is 7.47. The number of amides is 1. The standard InChI is InChI=1S/C16H24N2O3/c1-2-20-10-11-21-12-16(15(17)19,18-14-8-9-14)13-6-4-3-5-7-13/h3-7,14,18H,2,8-12H2,1H3,(H2,17,19). The molecule has 0 spiro atoms. The minimum absolute atomic E-state index is 0.218. The summed E-state index contributed by atoms with van der Waals surface area (Å²) >= 11 is 0. The van der Waals surface area contributed by atoms with E-state index in [0.717, 1.165) is 18.4 Å². The summed E-state index contributed by atoms with van der Waals surface area (Å²) < 4.78 is 10.9. The molecule has 1 aliphatic carbocycles. The van der Waals surface area contributed by atoms with Crippen LogP contribution >= 0.6 is 0 Å². The molecule has 0 radical (unpaired) electrons. The van der Waals surface area contributed by atoms with Crippen LogP contribution in [0.2, 0.25) is 0 Å². The number of carbonyl (C=O) groups is 1. The highest BCUT2D eigenvalue weighted by molar-refractivity contribution is 5.86. The van der Waals surface area contributed by atoms with Crippen LogP contribution in [-0.2, 0) is 19.8 Å². The summed E-state index contributed by atoms with van der Waals surface area (Å²) in [6.45, 7) is 3.77. The van der Waals surface area contributed by atoms with Crippen molar-refractivity contribution in [3.63, 3.8) is 0 Å². The minimum Gasteiger partial charge on any atom is -0.379 e. The highest BCUT2D eigenvalue weighted by atomic mass is 16.5. The molecule has 0 aliphatic heterocycles. The first-order chi connectivity index (χ1) is 10.2. The average Bonchev–Trinajstić information content (AvgIpc) is 3.30. The summed E-state index contributed by atoms with van der Waals surface area (Å²) in [5.41, 5.74) is 5.59. The van der Waals surface area contributed by atoms with Gasteiger partial charge < -0.3 is 15.2 Å². The van der Waals surface area contributed by atoms with Gasteiger partial charge in [0.05, 0.1) is 19.8 Å². The molecule has 1 saturated carbocycles. The van der Waals surface area contributed by atoms with E-state index in [-0.39, 0.29) is 6.61 Å². The lowest BCUT2D eigenvalue weighted by molar-refractivity contribution is -0.128. The van der Waals surface area contributed by atoms with Gasteiger partial charge in [-0.15, -0.1) is 0 Å². The molecule has 5 nitrogen and oxygen atoms in total. The molecule has 1 unspecified atom stereocenters. The molecule has 1 atom stereocenters. The zero-order chi connectivity index (χ0) is 15.1. The second kappa shape index (κ2) is 7.54. The van der Waals surface area contributed by atoms with Crippen molar-refractivity contribution in [1.29, 1.82) is 0 Å². The first kappa shape index (κ1) is 15.9. The van der Waals surface area contributed by atoms with Crippen LogP contribution < -0.4 is 11.1 Å². The van der Waals surface area contributed by atoms with Gasteiger partial charge in [0, 0.05) is 12.6 Å². The van der Waals surface area contributed by atoms with E-state index in [1.807, 2.05) is 37.3 Å². The van der Waals surface area contributed by atoms with Gasteiger partial charge in [-0.25, -0.2) is 0 Å². The Morgan fingerprint density at radius 2 is 1.95 bits per heavy atom. The SMILES string of the molecule is CCOCCOCC(NC1CC1)(C(N)=O)c1ccccc1. The number of benzene rings is 1. The molecule has 0 heterocycles. The Bertz CT molecular complexity index is 448. The molecule has 116 valence electrons.